The van der Waals surface area contributed by atoms with Crippen LogP contribution in [0.1, 0.15) is 16.7 Å². The Kier molecular flexibility index (Phi) is 6.26. The van der Waals surface area contributed by atoms with Crippen molar-refractivity contribution < 1.29 is 9.64 Å². The van der Waals surface area contributed by atoms with E-state index in [0.717, 1.165) is 33.7 Å². The molecule has 1 aromatic heterocycles. The van der Waals surface area contributed by atoms with Crippen molar-refractivity contribution in [1.82, 2.24) is 9.78 Å². The molecular weight excluding hydrogens is 376 g/mol. The average molecular weight is 402 g/mol. The molecule has 0 saturated carbocycles. The number of anilines is 2. The van der Waals surface area contributed by atoms with Gasteiger partial charge in [-0.15, -0.1) is 5.10 Å². The number of aryl methyl sites for hydroxylation is 1. The van der Waals surface area contributed by atoms with Crippen LogP contribution in [0.25, 0.3) is 0 Å². The standard InChI is InChI=1S/C20H24N4OS2/c1-14-6-5-7-18(15(14)2)21-19-22-24(20(26)27-19)13-23(3)12-16-8-10-17(25-4)11-9-16/h5-11H,12-13H2,1-4H3,(H,21,22)/p+1. The molecule has 0 bridgehead atoms. The number of nitrogens with zero attached hydrogens (tertiary/aromatic N) is 2. The lowest BCUT2D eigenvalue weighted by Crippen LogP contribution is -3.07. The van der Waals surface area contributed by atoms with E-state index in [1.54, 1.807) is 7.11 Å². The van der Waals surface area contributed by atoms with Crippen LogP contribution in [0.4, 0.5) is 10.8 Å². The van der Waals surface area contributed by atoms with Gasteiger partial charge < -0.3 is 15.0 Å². The van der Waals surface area contributed by atoms with E-state index in [0.29, 0.717) is 0 Å². The van der Waals surface area contributed by atoms with Gasteiger partial charge in [0.25, 0.3) is 0 Å². The Bertz CT molecular complexity index is 963. The van der Waals surface area contributed by atoms with Crippen LogP contribution < -0.4 is 15.0 Å². The second kappa shape index (κ2) is 8.65. The number of hydrogen-bond donors (Lipinski definition) is 2. The molecule has 27 heavy (non-hydrogen) atoms. The summed E-state index contributed by atoms with van der Waals surface area (Å²) in [5, 5.41) is 8.90. The van der Waals surface area contributed by atoms with Crippen LogP contribution in [0, 0.1) is 17.8 Å². The molecule has 1 heterocycles. The average Bonchev–Trinajstić information content (AvgIpc) is 2.98. The third kappa shape index (κ3) is 4.94. The molecule has 0 aliphatic carbocycles. The summed E-state index contributed by atoms with van der Waals surface area (Å²) in [7, 11) is 3.82. The van der Waals surface area contributed by atoms with Gasteiger partial charge in [0.05, 0.1) is 14.2 Å². The van der Waals surface area contributed by atoms with E-state index >= 15 is 0 Å². The minimum Gasteiger partial charge on any atom is -0.497 e. The van der Waals surface area contributed by atoms with Crippen molar-refractivity contribution in [3.05, 3.63) is 63.1 Å². The van der Waals surface area contributed by atoms with Crippen molar-refractivity contribution in [1.29, 1.82) is 0 Å². The van der Waals surface area contributed by atoms with Crippen LogP contribution >= 0.6 is 23.6 Å². The maximum Gasteiger partial charge on any atom is 0.209 e. The number of methoxy groups -OCH3 is 1. The number of rotatable bonds is 7. The molecule has 0 spiro atoms. The van der Waals surface area contributed by atoms with Crippen LogP contribution in [-0.4, -0.2) is 23.9 Å². The molecule has 142 valence electrons. The molecule has 3 rings (SSSR count). The van der Waals surface area contributed by atoms with Gasteiger partial charge in [0, 0.05) is 11.3 Å². The van der Waals surface area contributed by atoms with Crippen LogP contribution in [-0.2, 0) is 13.2 Å². The van der Waals surface area contributed by atoms with E-state index in [9.17, 15) is 0 Å². The first-order valence-electron chi connectivity index (χ1n) is 8.81. The van der Waals surface area contributed by atoms with Crippen molar-refractivity contribution in [3.63, 3.8) is 0 Å². The predicted octanol–water partition coefficient (Wildman–Crippen LogP) is 3.72. The molecule has 0 fully saturated rings. The zero-order valence-electron chi connectivity index (χ0n) is 16.1. The molecule has 3 aromatic rings. The maximum atomic E-state index is 5.51. The maximum absolute atomic E-state index is 5.51. The van der Waals surface area contributed by atoms with Crippen molar-refractivity contribution in [2.75, 3.05) is 19.5 Å². The molecule has 0 amide bonds. The summed E-state index contributed by atoms with van der Waals surface area (Å²) >= 11 is 7.02. The third-order valence-corrected chi connectivity index (χ3v) is 5.76. The number of aromatic nitrogens is 2. The number of nitrogens with one attached hydrogen (secondary N) is 2. The Balaban J connectivity index is 1.66. The van der Waals surface area contributed by atoms with Gasteiger partial charge in [0.15, 0.2) is 10.6 Å². The van der Waals surface area contributed by atoms with Gasteiger partial charge in [-0.1, -0.05) is 23.5 Å². The van der Waals surface area contributed by atoms with E-state index in [1.807, 2.05) is 22.9 Å². The van der Waals surface area contributed by atoms with Crippen molar-refractivity contribution in [2.45, 2.75) is 27.1 Å². The molecule has 0 saturated heterocycles. The Hall–Kier alpha value is -2.22. The molecule has 7 heteroatoms. The number of benzene rings is 2. The molecule has 2 aromatic carbocycles. The molecule has 0 aliphatic rings. The van der Waals surface area contributed by atoms with Gasteiger partial charge in [-0.2, -0.15) is 4.68 Å². The fraction of sp³-hybridized carbons (Fsp3) is 0.300. The normalized spacial score (nSPS) is 12.0. The van der Waals surface area contributed by atoms with Gasteiger partial charge in [0.2, 0.25) is 5.13 Å². The highest BCUT2D eigenvalue weighted by molar-refractivity contribution is 7.73. The quantitative estimate of drug-likeness (QED) is 0.592. The van der Waals surface area contributed by atoms with Gasteiger partial charge in [-0.05, 0) is 67.5 Å². The Morgan fingerprint density at radius 2 is 1.93 bits per heavy atom. The summed E-state index contributed by atoms with van der Waals surface area (Å²) < 4.78 is 7.88. The fourth-order valence-electron chi connectivity index (χ4n) is 2.86. The highest BCUT2D eigenvalue weighted by atomic mass is 32.1. The molecule has 0 radical (unpaired) electrons. The highest BCUT2D eigenvalue weighted by Crippen LogP contribution is 2.24. The van der Waals surface area contributed by atoms with Gasteiger partial charge in [-0.25, -0.2) is 0 Å². The first-order chi connectivity index (χ1) is 13.0. The third-order valence-electron chi connectivity index (χ3n) is 4.54. The topological polar surface area (TPSA) is 43.5 Å². The lowest BCUT2D eigenvalue weighted by Gasteiger charge is -2.14. The second-order valence-electron chi connectivity index (χ2n) is 6.69. The van der Waals surface area contributed by atoms with E-state index in [-0.39, 0.29) is 0 Å². The van der Waals surface area contributed by atoms with Gasteiger partial charge >= 0.3 is 0 Å². The van der Waals surface area contributed by atoms with E-state index < -0.39 is 0 Å². The SMILES string of the molecule is COc1ccc(C[NH+](C)Cn2nc(Nc3cccc(C)c3C)sc2=S)cc1. The van der Waals surface area contributed by atoms with Crippen molar-refractivity contribution >= 4 is 34.4 Å². The summed E-state index contributed by atoms with van der Waals surface area (Å²) in [6.07, 6.45) is 0. The molecule has 1 atom stereocenters. The number of ether oxygens (including phenoxy) is 1. The predicted molar refractivity (Wildman–Crippen MR) is 114 cm³/mol. The summed E-state index contributed by atoms with van der Waals surface area (Å²) in [5.41, 5.74) is 4.81. The Morgan fingerprint density at radius 3 is 2.63 bits per heavy atom. The summed E-state index contributed by atoms with van der Waals surface area (Å²) in [4.78, 5) is 1.31. The van der Waals surface area contributed by atoms with Gasteiger partial charge in [0.1, 0.15) is 12.3 Å². The largest absolute Gasteiger partial charge is 0.497 e. The minimum atomic E-state index is 0.718. The lowest BCUT2D eigenvalue weighted by molar-refractivity contribution is -0.917. The molecule has 1 unspecified atom stereocenters. The van der Waals surface area contributed by atoms with E-state index in [4.69, 9.17) is 17.0 Å². The molecule has 0 aliphatic heterocycles. The zero-order chi connectivity index (χ0) is 19.4. The lowest BCUT2D eigenvalue weighted by atomic mass is 10.1. The van der Waals surface area contributed by atoms with Gasteiger partial charge in [-0.3, -0.25) is 0 Å². The first kappa shape index (κ1) is 19.5. The molecule has 2 N–H and O–H groups in total. The fourth-order valence-corrected chi connectivity index (χ4v) is 3.88. The summed E-state index contributed by atoms with van der Waals surface area (Å²) in [6, 6.07) is 14.4. The Morgan fingerprint density at radius 1 is 1.19 bits per heavy atom. The number of hydrogen-bond acceptors (Lipinski definition) is 5. The van der Waals surface area contributed by atoms with Crippen molar-refractivity contribution in [2.24, 2.45) is 0 Å². The monoisotopic (exact) mass is 401 g/mol. The van der Waals surface area contributed by atoms with Crippen LogP contribution in [0.5, 0.6) is 5.75 Å². The summed E-state index contributed by atoms with van der Waals surface area (Å²) in [6.45, 7) is 5.83. The smallest absolute Gasteiger partial charge is 0.209 e. The summed E-state index contributed by atoms with van der Waals surface area (Å²) in [5.74, 6) is 0.875. The Labute approximate surface area is 169 Å². The first-order valence-corrected chi connectivity index (χ1v) is 10.0. The molecule has 5 nitrogen and oxygen atoms in total. The van der Waals surface area contributed by atoms with E-state index in [2.05, 4.69) is 55.6 Å². The van der Waals surface area contributed by atoms with E-state index in [1.165, 1.54) is 32.9 Å². The number of quaternary nitrogens is 1. The van der Waals surface area contributed by atoms with Crippen LogP contribution in [0.2, 0.25) is 0 Å². The van der Waals surface area contributed by atoms with Crippen molar-refractivity contribution in [3.8, 4) is 5.75 Å². The van der Waals surface area contributed by atoms with Crippen LogP contribution in [0.3, 0.4) is 0 Å². The second-order valence-corrected chi connectivity index (χ2v) is 8.31. The molecular formula is C20H25N4OS2+. The minimum absolute atomic E-state index is 0.718. The van der Waals surface area contributed by atoms with Crippen LogP contribution in [0.15, 0.2) is 42.5 Å². The highest BCUT2D eigenvalue weighted by Gasteiger charge is 2.11. The zero-order valence-corrected chi connectivity index (χ0v) is 17.7.